The van der Waals surface area contributed by atoms with E-state index in [2.05, 4.69) is 21.8 Å². The van der Waals surface area contributed by atoms with Crippen molar-refractivity contribution < 1.29 is 8.78 Å². The highest BCUT2D eigenvalue weighted by Gasteiger charge is 2.24. The summed E-state index contributed by atoms with van der Waals surface area (Å²) in [4.78, 5) is 1.08. The maximum atomic E-state index is 12.1. The Balaban J connectivity index is 2.44. The molecule has 0 amide bonds. The van der Waals surface area contributed by atoms with Crippen LogP contribution in [0.5, 0.6) is 0 Å². The number of aryl methyl sites for hydroxylation is 1. The molecule has 4 nitrogen and oxygen atoms in total. The Labute approximate surface area is 72.3 Å². The highest BCUT2D eigenvalue weighted by molar-refractivity contribution is 6.21. The van der Waals surface area contributed by atoms with Crippen molar-refractivity contribution in [3.8, 4) is 0 Å². The largest absolute Gasteiger partial charge is 0.381 e. The zero-order valence-electron chi connectivity index (χ0n) is 6.04. The maximum absolute atomic E-state index is 12.1. The molecule has 0 aliphatic carbocycles. The monoisotopic (exact) mass is 196 g/mol. The summed E-state index contributed by atoms with van der Waals surface area (Å²) in [6.45, 7) is -0.0479. The van der Waals surface area contributed by atoms with E-state index in [9.17, 15) is 8.78 Å². The molecule has 0 saturated heterocycles. The van der Waals surface area contributed by atoms with Crippen molar-refractivity contribution in [2.24, 2.45) is 0 Å². The standard InChI is InChI=1S/C5H7ClF2N4/c6-5(7,8)1-2-12-10-3-4(9)11-12/h3H,1-2H2,(H2,9,11). The van der Waals surface area contributed by atoms with Crippen molar-refractivity contribution in [2.45, 2.75) is 18.3 Å². The first kappa shape index (κ1) is 9.18. The molecule has 0 aliphatic rings. The molecule has 1 rings (SSSR count). The summed E-state index contributed by atoms with van der Waals surface area (Å²) in [5.41, 5.74) is 5.20. The van der Waals surface area contributed by atoms with Crippen molar-refractivity contribution >= 4 is 17.4 Å². The lowest BCUT2D eigenvalue weighted by atomic mass is 10.4. The number of halogens is 3. The van der Waals surface area contributed by atoms with Gasteiger partial charge in [-0.1, -0.05) is 0 Å². The van der Waals surface area contributed by atoms with Crippen LogP contribution in [-0.2, 0) is 6.54 Å². The molecular formula is C5H7ClF2N4. The minimum atomic E-state index is -3.21. The van der Waals surface area contributed by atoms with E-state index in [4.69, 9.17) is 5.73 Å². The van der Waals surface area contributed by atoms with Gasteiger partial charge >= 0.3 is 5.38 Å². The predicted octanol–water partition coefficient (Wildman–Crippen LogP) is 1.08. The van der Waals surface area contributed by atoms with E-state index in [1.54, 1.807) is 0 Å². The van der Waals surface area contributed by atoms with Crippen molar-refractivity contribution in [2.75, 3.05) is 5.73 Å². The lowest BCUT2D eigenvalue weighted by Crippen LogP contribution is -2.12. The Bertz CT molecular complexity index is 256. The number of nitrogens with two attached hydrogens (primary N) is 1. The minimum Gasteiger partial charge on any atom is -0.381 e. The van der Waals surface area contributed by atoms with Crippen molar-refractivity contribution in [3.05, 3.63) is 6.20 Å². The van der Waals surface area contributed by atoms with Crippen LogP contribution in [0, 0.1) is 0 Å². The fraction of sp³-hybridized carbons (Fsp3) is 0.600. The summed E-state index contributed by atoms with van der Waals surface area (Å²) in [5.74, 6) is 0.202. The van der Waals surface area contributed by atoms with Crippen molar-refractivity contribution in [1.29, 1.82) is 0 Å². The number of aromatic nitrogens is 3. The van der Waals surface area contributed by atoms with Gasteiger partial charge in [-0.25, -0.2) is 0 Å². The molecule has 0 aliphatic heterocycles. The van der Waals surface area contributed by atoms with Gasteiger partial charge in [0.1, 0.15) is 0 Å². The number of nitrogens with zero attached hydrogens (tertiary/aromatic N) is 3. The van der Waals surface area contributed by atoms with Gasteiger partial charge in [-0.2, -0.15) is 18.7 Å². The minimum absolute atomic E-state index is 0.0479. The molecule has 0 atom stereocenters. The summed E-state index contributed by atoms with van der Waals surface area (Å²) in [5, 5.41) is 4.01. The number of alkyl halides is 3. The molecule has 2 N–H and O–H groups in total. The Morgan fingerprint density at radius 1 is 1.67 bits per heavy atom. The first-order chi connectivity index (χ1) is 5.47. The Hall–Kier alpha value is -0.910. The van der Waals surface area contributed by atoms with Crippen LogP contribution in [0.25, 0.3) is 0 Å². The topological polar surface area (TPSA) is 56.7 Å². The molecule has 12 heavy (non-hydrogen) atoms. The highest BCUT2D eigenvalue weighted by atomic mass is 35.5. The molecule has 0 radical (unpaired) electrons. The van der Waals surface area contributed by atoms with Crippen molar-refractivity contribution in [1.82, 2.24) is 15.0 Å². The molecule has 0 saturated carbocycles. The predicted molar refractivity (Wildman–Crippen MR) is 39.9 cm³/mol. The third-order valence-corrected chi connectivity index (χ3v) is 1.34. The van der Waals surface area contributed by atoms with Gasteiger partial charge in [0.2, 0.25) is 0 Å². The van der Waals surface area contributed by atoms with Gasteiger partial charge in [-0.15, -0.1) is 5.10 Å². The molecule has 0 spiro atoms. The average Bonchev–Trinajstić information content (AvgIpc) is 2.30. The number of hydrogen-bond acceptors (Lipinski definition) is 3. The number of anilines is 1. The van der Waals surface area contributed by atoms with Crippen LogP contribution in [0.2, 0.25) is 0 Å². The molecule has 0 fully saturated rings. The van der Waals surface area contributed by atoms with Crippen LogP contribution < -0.4 is 5.73 Å². The molecule has 1 heterocycles. The summed E-state index contributed by atoms with van der Waals surface area (Å²) >= 11 is 4.66. The van der Waals surface area contributed by atoms with Crippen LogP contribution in [-0.4, -0.2) is 20.4 Å². The molecule has 7 heteroatoms. The normalized spacial score (nSPS) is 11.9. The molecule has 0 aromatic carbocycles. The van der Waals surface area contributed by atoms with Gasteiger partial charge < -0.3 is 5.73 Å². The first-order valence-corrected chi connectivity index (χ1v) is 3.57. The van der Waals surface area contributed by atoms with E-state index in [0.717, 1.165) is 4.80 Å². The fourth-order valence-electron chi connectivity index (χ4n) is 0.645. The number of rotatable bonds is 3. The second-order valence-electron chi connectivity index (χ2n) is 2.23. The van der Waals surface area contributed by atoms with E-state index in [1.807, 2.05) is 0 Å². The van der Waals surface area contributed by atoms with Crippen LogP contribution in [0.4, 0.5) is 14.6 Å². The third-order valence-electron chi connectivity index (χ3n) is 1.15. The smallest absolute Gasteiger partial charge is 0.323 e. The molecular weight excluding hydrogens is 190 g/mol. The van der Waals surface area contributed by atoms with Crippen molar-refractivity contribution in [3.63, 3.8) is 0 Å². The lowest BCUT2D eigenvalue weighted by Gasteiger charge is -2.05. The van der Waals surface area contributed by atoms with Crippen LogP contribution in [0.1, 0.15) is 6.42 Å². The second-order valence-corrected chi connectivity index (χ2v) is 2.78. The van der Waals surface area contributed by atoms with Gasteiger partial charge in [0, 0.05) is 6.42 Å². The quantitative estimate of drug-likeness (QED) is 0.736. The molecule has 1 aromatic heterocycles. The van der Waals surface area contributed by atoms with E-state index in [1.165, 1.54) is 6.20 Å². The lowest BCUT2D eigenvalue weighted by molar-refractivity contribution is 0.0780. The van der Waals surface area contributed by atoms with Gasteiger partial charge in [0.05, 0.1) is 12.7 Å². The Morgan fingerprint density at radius 3 is 2.75 bits per heavy atom. The average molecular weight is 197 g/mol. The van der Waals surface area contributed by atoms with Gasteiger partial charge in [-0.3, -0.25) is 0 Å². The van der Waals surface area contributed by atoms with E-state index in [-0.39, 0.29) is 12.4 Å². The molecule has 0 bridgehead atoms. The first-order valence-electron chi connectivity index (χ1n) is 3.20. The Morgan fingerprint density at radius 2 is 2.33 bits per heavy atom. The van der Waals surface area contributed by atoms with E-state index >= 15 is 0 Å². The van der Waals surface area contributed by atoms with Crippen LogP contribution in [0.3, 0.4) is 0 Å². The van der Waals surface area contributed by atoms with Crippen LogP contribution >= 0.6 is 11.6 Å². The second kappa shape index (κ2) is 3.22. The van der Waals surface area contributed by atoms with Gasteiger partial charge in [0.15, 0.2) is 5.82 Å². The SMILES string of the molecule is Nc1cnn(CCC(F)(F)Cl)n1. The van der Waals surface area contributed by atoms with E-state index in [0.29, 0.717) is 0 Å². The molecule has 68 valence electrons. The van der Waals surface area contributed by atoms with Crippen LogP contribution in [0.15, 0.2) is 6.20 Å². The zero-order valence-corrected chi connectivity index (χ0v) is 6.80. The van der Waals surface area contributed by atoms with Gasteiger partial charge in [0.25, 0.3) is 0 Å². The van der Waals surface area contributed by atoms with Gasteiger partial charge in [-0.05, 0) is 11.6 Å². The fourth-order valence-corrected chi connectivity index (χ4v) is 0.730. The summed E-state index contributed by atoms with van der Waals surface area (Å²) < 4.78 is 24.2. The number of hydrogen-bond donors (Lipinski definition) is 1. The molecule has 1 aromatic rings. The summed E-state index contributed by atoms with van der Waals surface area (Å²) in [6, 6.07) is 0. The number of nitrogen functional groups attached to an aromatic ring is 1. The van der Waals surface area contributed by atoms with E-state index < -0.39 is 11.8 Å². The summed E-state index contributed by atoms with van der Waals surface area (Å²) in [6.07, 6.45) is 0.773. The molecule has 0 unspecified atom stereocenters. The maximum Gasteiger partial charge on any atom is 0.323 e. The summed E-state index contributed by atoms with van der Waals surface area (Å²) in [7, 11) is 0. The Kier molecular flexibility index (Phi) is 2.46. The zero-order chi connectivity index (χ0) is 9.19. The third kappa shape index (κ3) is 3.00. The highest BCUT2D eigenvalue weighted by Crippen LogP contribution is 2.23.